The highest BCUT2D eigenvalue weighted by Crippen LogP contribution is 2.45. The number of carbonyl (C=O) groups is 4. The highest BCUT2D eigenvalue weighted by atomic mass is 32.1. The number of rotatable bonds is 5. The first-order valence-corrected chi connectivity index (χ1v) is 17.3. The zero-order valence-corrected chi connectivity index (χ0v) is 28.1. The number of benzene rings is 1. The largest absolute Gasteiger partial charge is 0.479 e. The first-order valence-electron chi connectivity index (χ1n) is 16.4. The van der Waals surface area contributed by atoms with E-state index in [1.54, 1.807) is 27.0 Å². The molecule has 0 radical (unpaired) electrons. The van der Waals surface area contributed by atoms with E-state index in [2.05, 4.69) is 15.6 Å². The van der Waals surface area contributed by atoms with Crippen LogP contribution in [0.3, 0.4) is 0 Å². The van der Waals surface area contributed by atoms with Crippen LogP contribution in [-0.4, -0.2) is 83.6 Å². The zero-order chi connectivity index (χ0) is 34.1. The maximum Gasteiger partial charge on any atom is 0.408 e. The Labute approximate surface area is 282 Å². The van der Waals surface area contributed by atoms with Crippen molar-refractivity contribution in [2.45, 2.75) is 95.0 Å². The number of carboxylic acids is 1. The normalized spacial score (nSPS) is 27.1. The fraction of sp³-hybridized carbons (Fsp3) is 0.500. The van der Waals surface area contributed by atoms with Crippen molar-refractivity contribution >= 4 is 35.2 Å². The number of carboxylic acid groups (broad SMARTS) is 1. The van der Waals surface area contributed by atoms with E-state index < -0.39 is 53.1 Å². The van der Waals surface area contributed by atoms with Crippen molar-refractivity contribution in [1.29, 1.82) is 0 Å². The molecule has 48 heavy (non-hydrogen) atoms. The number of fused-ring (bicyclic) bond motifs is 2. The SMILES string of the molecule is CC(C)(C)OC(=O)N[C@H]1CCCCC/C=C\[C@H]2C[C@@]2(C(=O)O)NC(=O)[C@@H]2C[C@H](n3nc(-c4ccccc4)c(-c4nccs4)n3)CN2C1=O. The van der Waals surface area contributed by atoms with Gasteiger partial charge in [0.2, 0.25) is 11.8 Å². The predicted molar refractivity (Wildman–Crippen MR) is 178 cm³/mol. The number of thiazole rings is 1. The standard InChI is InChI=1S/C34H41N7O6S/c1-33(2,3)47-32(46)36-24-15-11-6-4-5-10-14-22-19-34(22,31(44)45)37-28(42)25-18-23(20-40(25)30(24)43)41-38-26(21-12-8-7-9-13-21)27(39-41)29-35-16-17-48-29/h7-10,12-14,16-17,22-25H,4-6,11,15,18-20H2,1-3H3,(H,36,46)(H,37,42)(H,44,45)/b14-10-/t22-,23-,24-,25-,34+/m0/s1. The van der Waals surface area contributed by atoms with Crippen LogP contribution in [0.5, 0.6) is 0 Å². The topological polar surface area (TPSA) is 169 Å². The molecule has 2 fully saturated rings. The van der Waals surface area contributed by atoms with Crippen LogP contribution >= 0.6 is 11.3 Å². The molecule has 1 saturated heterocycles. The van der Waals surface area contributed by atoms with E-state index >= 15 is 0 Å². The van der Waals surface area contributed by atoms with Crippen molar-refractivity contribution in [3.8, 4) is 22.0 Å². The van der Waals surface area contributed by atoms with E-state index in [4.69, 9.17) is 14.9 Å². The summed E-state index contributed by atoms with van der Waals surface area (Å²) in [4.78, 5) is 61.2. The summed E-state index contributed by atoms with van der Waals surface area (Å²) in [6, 6.07) is 7.10. The molecule has 0 unspecified atom stereocenters. The second-order valence-corrected chi connectivity index (χ2v) is 14.6. The summed E-state index contributed by atoms with van der Waals surface area (Å²) in [5.74, 6) is -2.45. The van der Waals surface area contributed by atoms with E-state index in [-0.39, 0.29) is 25.3 Å². The van der Waals surface area contributed by atoms with Gasteiger partial charge in [-0.25, -0.2) is 14.6 Å². The van der Waals surface area contributed by atoms with Gasteiger partial charge < -0.3 is 25.4 Å². The quantitative estimate of drug-likeness (QED) is 0.328. The Morgan fingerprint density at radius 2 is 1.88 bits per heavy atom. The molecular formula is C34H41N7O6S. The van der Waals surface area contributed by atoms with Crippen LogP contribution in [0.4, 0.5) is 4.79 Å². The van der Waals surface area contributed by atoms with E-state index in [0.29, 0.717) is 29.2 Å². The molecule has 3 N–H and O–H groups in total. The van der Waals surface area contributed by atoms with Crippen LogP contribution in [0.1, 0.15) is 71.8 Å². The monoisotopic (exact) mass is 675 g/mol. The van der Waals surface area contributed by atoms with Crippen LogP contribution in [0.2, 0.25) is 0 Å². The molecule has 6 rings (SSSR count). The van der Waals surface area contributed by atoms with Gasteiger partial charge in [-0.2, -0.15) is 9.90 Å². The maximum atomic E-state index is 14.4. The second-order valence-electron chi connectivity index (χ2n) is 13.7. The molecule has 1 aromatic carbocycles. The number of hydrogen-bond acceptors (Lipinski definition) is 9. The van der Waals surface area contributed by atoms with Crippen LogP contribution in [0.25, 0.3) is 22.0 Å². The van der Waals surface area contributed by atoms with Gasteiger partial charge in [0.25, 0.3) is 0 Å². The van der Waals surface area contributed by atoms with Crippen LogP contribution < -0.4 is 10.6 Å². The number of allylic oxidation sites excluding steroid dienone is 1. The lowest BCUT2D eigenvalue weighted by molar-refractivity contribution is -0.145. The molecule has 1 aliphatic carbocycles. The molecule has 3 aromatic rings. The van der Waals surface area contributed by atoms with Gasteiger partial charge in [-0.15, -0.1) is 16.4 Å². The molecule has 1 saturated carbocycles. The molecule has 0 bridgehead atoms. The van der Waals surface area contributed by atoms with Crippen LogP contribution in [-0.2, 0) is 19.1 Å². The Hall–Kier alpha value is -4.59. The van der Waals surface area contributed by atoms with Crippen molar-refractivity contribution in [1.82, 2.24) is 35.5 Å². The first kappa shape index (κ1) is 33.3. The van der Waals surface area contributed by atoms with Crippen LogP contribution in [0, 0.1) is 5.92 Å². The smallest absolute Gasteiger partial charge is 0.408 e. The van der Waals surface area contributed by atoms with Crippen molar-refractivity contribution in [2.24, 2.45) is 5.92 Å². The summed E-state index contributed by atoms with van der Waals surface area (Å²) in [6.45, 7) is 5.31. The van der Waals surface area contributed by atoms with Gasteiger partial charge in [-0.05, 0) is 46.5 Å². The lowest BCUT2D eigenvalue weighted by Crippen LogP contribution is -2.56. The van der Waals surface area contributed by atoms with Crippen molar-refractivity contribution < 1.29 is 29.0 Å². The molecule has 2 aliphatic heterocycles. The van der Waals surface area contributed by atoms with Gasteiger partial charge in [0, 0.05) is 36.0 Å². The lowest BCUT2D eigenvalue weighted by atomic mass is 10.0. The zero-order valence-electron chi connectivity index (χ0n) is 27.3. The molecular weight excluding hydrogens is 634 g/mol. The number of nitrogens with zero attached hydrogens (tertiary/aromatic N) is 5. The minimum absolute atomic E-state index is 0.0764. The minimum atomic E-state index is -1.43. The Kier molecular flexibility index (Phi) is 9.37. The number of aliphatic carboxylic acids is 1. The number of hydrogen-bond donors (Lipinski definition) is 3. The van der Waals surface area contributed by atoms with Gasteiger partial charge >= 0.3 is 12.1 Å². The maximum absolute atomic E-state index is 14.4. The summed E-state index contributed by atoms with van der Waals surface area (Å²) >= 11 is 1.43. The third kappa shape index (κ3) is 7.13. The molecule has 2 aromatic heterocycles. The van der Waals surface area contributed by atoms with E-state index in [1.165, 1.54) is 21.0 Å². The minimum Gasteiger partial charge on any atom is -0.479 e. The number of nitrogens with one attached hydrogen (secondary N) is 2. The Morgan fingerprint density at radius 3 is 2.58 bits per heavy atom. The van der Waals surface area contributed by atoms with Gasteiger partial charge in [-0.3, -0.25) is 9.59 Å². The predicted octanol–water partition coefficient (Wildman–Crippen LogP) is 4.58. The number of amides is 3. The molecule has 13 nitrogen and oxygen atoms in total. The third-order valence-electron chi connectivity index (χ3n) is 8.97. The average Bonchev–Trinajstić information content (AvgIpc) is 3.50. The van der Waals surface area contributed by atoms with Crippen molar-refractivity contribution in [3.05, 3.63) is 54.1 Å². The Bertz CT molecular complexity index is 1680. The molecule has 4 heterocycles. The third-order valence-corrected chi connectivity index (χ3v) is 9.75. The molecule has 3 amide bonds. The van der Waals surface area contributed by atoms with Gasteiger partial charge in [-0.1, -0.05) is 55.3 Å². The molecule has 254 valence electrons. The van der Waals surface area contributed by atoms with Crippen molar-refractivity contribution in [2.75, 3.05) is 6.54 Å². The lowest BCUT2D eigenvalue weighted by Gasteiger charge is -2.30. The summed E-state index contributed by atoms with van der Waals surface area (Å²) in [6.07, 6.45) is 8.64. The van der Waals surface area contributed by atoms with Gasteiger partial charge in [0.05, 0.1) is 6.04 Å². The van der Waals surface area contributed by atoms with Crippen LogP contribution in [0.15, 0.2) is 54.1 Å². The molecule has 5 atom stereocenters. The number of alkyl carbamates (subject to hydrolysis) is 1. The first-order chi connectivity index (χ1) is 22.9. The summed E-state index contributed by atoms with van der Waals surface area (Å²) in [7, 11) is 0. The second kappa shape index (κ2) is 13.5. The average molecular weight is 676 g/mol. The highest BCUT2D eigenvalue weighted by Gasteiger charge is 2.61. The molecule has 0 spiro atoms. The van der Waals surface area contributed by atoms with E-state index in [1.807, 2.05) is 47.9 Å². The number of ether oxygens (including phenoxy) is 1. The summed E-state index contributed by atoms with van der Waals surface area (Å²) in [5.41, 5.74) is -0.166. The molecule has 14 heteroatoms. The van der Waals surface area contributed by atoms with Gasteiger partial charge in [0.1, 0.15) is 39.6 Å². The Balaban J connectivity index is 1.35. The molecule has 3 aliphatic rings. The van der Waals surface area contributed by atoms with E-state index in [9.17, 15) is 24.3 Å². The highest BCUT2D eigenvalue weighted by molar-refractivity contribution is 7.13. The van der Waals surface area contributed by atoms with Crippen molar-refractivity contribution in [3.63, 3.8) is 0 Å². The van der Waals surface area contributed by atoms with Gasteiger partial charge in [0.15, 0.2) is 0 Å². The number of carbonyl (C=O) groups excluding carboxylic acids is 3. The Morgan fingerprint density at radius 1 is 1.10 bits per heavy atom. The van der Waals surface area contributed by atoms with E-state index in [0.717, 1.165) is 24.8 Å². The number of aromatic nitrogens is 4. The summed E-state index contributed by atoms with van der Waals surface area (Å²) in [5, 5.41) is 28.0. The fourth-order valence-electron chi connectivity index (χ4n) is 6.46. The summed E-state index contributed by atoms with van der Waals surface area (Å²) < 4.78 is 5.49. The fourth-order valence-corrected chi connectivity index (χ4v) is 7.08.